The summed E-state index contributed by atoms with van der Waals surface area (Å²) < 4.78 is 21.6. The van der Waals surface area contributed by atoms with Crippen LogP contribution in [-0.2, 0) is 0 Å². The van der Waals surface area contributed by atoms with Gasteiger partial charge in [0.1, 0.15) is 23.3 Å². The zero-order chi connectivity index (χ0) is 19.3. The molecule has 144 valence electrons. The summed E-state index contributed by atoms with van der Waals surface area (Å²) in [6.07, 6.45) is 5.90. The van der Waals surface area contributed by atoms with Gasteiger partial charge in [-0.3, -0.25) is 4.79 Å². The van der Waals surface area contributed by atoms with Crippen LogP contribution in [0.25, 0.3) is 5.65 Å². The lowest BCUT2D eigenvalue weighted by Crippen LogP contribution is -2.34. The van der Waals surface area contributed by atoms with Crippen molar-refractivity contribution >= 4 is 17.4 Å². The quantitative estimate of drug-likeness (QED) is 0.641. The number of hydrogen-bond acceptors (Lipinski definition) is 6. The van der Waals surface area contributed by atoms with Crippen molar-refractivity contribution in [3.63, 3.8) is 0 Å². The van der Waals surface area contributed by atoms with Crippen LogP contribution in [0.3, 0.4) is 0 Å². The number of nitrogens with zero attached hydrogens (tertiary/aromatic N) is 5. The molecular formula is C19H19FN6O2. The van der Waals surface area contributed by atoms with Crippen LogP contribution < -0.4 is 15.0 Å². The van der Waals surface area contributed by atoms with Crippen LogP contribution in [-0.4, -0.2) is 44.7 Å². The van der Waals surface area contributed by atoms with E-state index in [1.54, 1.807) is 10.7 Å². The summed E-state index contributed by atoms with van der Waals surface area (Å²) in [6.45, 7) is 2.89. The fourth-order valence-corrected chi connectivity index (χ4v) is 3.89. The van der Waals surface area contributed by atoms with E-state index in [1.165, 1.54) is 12.3 Å². The molecule has 1 saturated heterocycles. The van der Waals surface area contributed by atoms with Gasteiger partial charge in [-0.15, -0.1) is 0 Å². The summed E-state index contributed by atoms with van der Waals surface area (Å²) in [5, 5.41) is 7.06. The number of halogens is 1. The first-order valence-electron chi connectivity index (χ1n) is 9.31. The van der Waals surface area contributed by atoms with Crippen LogP contribution in [0.2, 0.25) is 0 Å². The Kier molecular flexibility index (Phi) is 3.88. The minimum atomic E-state index is -0.402. The van der Waals surface area contributed by atoms with Crippen LogP contribution >= 0.6 is 0 Å². The zero-order valence-electron chi connectivity index (χ0n) is 15.3. The van der Waals surface area contributed by atoms with Gasteiger partial charge >= 0.3 is 0 Å². The van der Waals surface area contributed by atoms with Gasteiger partial charge in [-0.05, 0) is 31.9 Å². The van der Waals surface area contributed by atoms with E-state index in [1.807, 2.05) is 13.0 Å². The van der Waals surface area contributed by atoms with Crippen LogP contribution in [0, 0.1) is 5.82 Å². The minimum Gasteiger partial charge on any atom is -0.473 e. The largest absolute Gasteiger partial charge is 0.473 e. The molecule has 5 heterocycles. The Bertz CT molecular complexity index is 1070. The molecule has 0 aliphatic carbocycles. The molecule has 0 spiro atoms. The first-order valence-corrected chi connectivity index (χ1v) is 9.31. The van der Waals surface area contributed by atoms with Gasteiger partial charge in [0.2, 0.25) is 5.88 Å². The van der Waals surface area contributed by atoms with Crippen molar-refractivity contribution in [1.29, 1.82) is 0 Å². The summed E-state index contributed by atoms with van der Waals surface area (Å²) >= 11 is 0. The molecular weight excluding hydrogens is 363 g/mol. The molecule has 2 aliphatic rings. The Morgan fingerprint density at radius 3 is 3.14 bits per heavy atom. The van der Waals surface area contributed by atoms with Gasteiger partial charge < -0.3 is 15.0 Å². The predicted molar refractivity (Wildman–Crippen MR) is 98.9 cm³/mol. The molecule has 8 nitrogen and oxygen atoms in total. The number of rotatable bonds is 0. The number of fused-ring (bicyclic) bond motifs is 5. The molecule has 5 rings (SSSR count). The molecule has 1 N–H and O–H groups in total. The Labute approximate surface area is 160 Å². The second-order valence-corrected chi connectivity index (χ2v) is 7.15. The predicted octanol–water partition coefficient (Wildman–Crippen LogP) is 2.12. The molecule has 3 aromatic rings. The molecule has 2 bridgehead atoms. The molecule has 0 unspecified atom stereocenters. The number of ether oxygens (including phenoxy) is 1. The van der Waals surface area contributed by atoms with E-state index in [9.17, 15) is 9.18 Å². The highest BCUT2D eigenvalue weighted by atomic mass is 19.1. The van der Waals surface area contributed by atoms with E-state index < -0.39 is 5.82 Å². The number of anilines is 1. The highest BCUT2D eigenvalue weighted by Gasteiger charge is 2.32. The van der Waals surface area contributed by atoms with Crippen molar-refractivity contribution in [2.45, 2.75) is 31.9 Å². The van der Waals surface area contributed by atoms with Gasteiger partial charge in [0.25, 0.3) is 5.91 Å². The monoisotopic (exact) mass is 382 g/mol. The fourth-order valence-electron chi connectivity index (χ4n) is 3.89. The van der Waals surface area contributed by atoms with Crippen molar-refractivity contribution in [3.05, 3.63) is 47.7 Å². The van der Waals surface area contributed by atoms with Crippen LogP contribution in [0.4, 0.5) is 10.2 Å². The van der Waals surface area contributed by atoms with Gasteiger partial charge in [0.05, 0.1) is 25.0 Å². The second kappa shape index (κ2) is 6.43. The summed E-state index contributed by atoms with van der Waals surface area (Å²) in [7, 11) is 0. The molecule has 3 aromatic heterocycles. The average Bonchev–Trinajstić information content (AvgIpc) is 3.33. The number of carbonyl (C=O) groups is 1. The minimum absolute atomic E-state index is 0.101. The first kappa shape index (κ1) is 16.9. The zero-order valence-corrected chi connectivity index (χ0v) is 15.3. The lowest BCUT2D eigenvalue weighted by Gasteiger charge is -2.27. The molecule has 28 heavy (non-hydrogen) atoms. The summed E-state index contributed by atoms with van der Waals surface area (Å²) in [5.74, 6) is 0.441. The van der Waals surface area contributed by atoms with Crippen molar-refractivity contribution < 1.29 is 13.9 Å². The van der Waals surface area contributed by atoms with Crippen LogP contribution in [0.5, 0.6) is 5.88 Å². The number of amides is 1. The lowest BCUT2D eigenvalue weighted by molar-refractivity contribution is 0.0932. The third-order valence-corrected chi connectivity index (χ3v) is 5.21. The van der Waals surface area contributed by atoms with Gasteiger partial charge in [-0.25, -0.2) is 18.9 Å². The molecule has 1 fully saturated rings. The molecule has 2 atom stereocenters. The SMILES string of the molecule is C[C@H]1CNC(=O)c2cnn3ccc(nc23)N2CCC[C@H]2c2cc(F)cnc2O1. The van der Waals surface area contributed by atoms with Crippen molar-refractivity contribution in [2.24, 2.45) is 0 Å². The van der Waals surface area contributed by atoms with E-state index in [2.05, 4.69) is 20.3 Å². The van der Waals surface area contributed by atoms with Crippen LogP contribution in [0.1, 0.15) is 41.7 Å². The molecule has 2 aliphatic heterocycles. The van der Waals surface area contributed by atoms with Gasteiger partial charge in [0, 0.05) is 18.3 Å². The Balaban J connectivity index is 1.69. The van der Waals surface area contributed by atoms with E-state index >= 15 is 0 Å². The lowest BCUT2D eigenvalue weighted by atomic mass is 10.1. The van der Waals surface area contributed by atoms with E-state index in [4.69, 9.17) is 9.72 Å². The maximum Gasteiger partial charge on any atom is 0.256 e. The van der Waals surface area contributed by atoms with Crippen LogP contribution in [0.15, 0.2) is 30.7 Å². The highest BCUT2D eigenvalue weighted by Crippen LogP contribution is 2.39. The van der Waals surface area contributed by atoms with E-state index in [-0.39, 0.29) is 24.6 Å². The number of nitrogens with one attached hydrogen (secondary N) is 1. The average molecular weight is 382 g/mol. The topological polar surface area (TPSA) is 84.7 Å². The van der Waals surface area contributed by atoms with Gasteiger partial charge in [0.15, 0.2) is 5.65 Å². The van der Waals surface area contributed by atoms with E-state index in [0.717, 1.165) is 25.6 Å². The van der Waals surface area contributed by atoms with Crippen molar-refractivity contribution in [3.8, 4) is 5.88 Å². The summed E-state index contributed by atoms with van der Waals surface area (Å²) in [6, 6.07) is 3.24. The molecule has 0 saturated carbocycles. The normalized spacial score (nSPS) is 21.9. The van der Waals surface area contributed by atoms with Gasteiger partial charge in [-0.1, -0.05) is 0 Å². The molecule has 0 radical (unpaired) electrons. The maximum atomic E-state index is 14.0. The first-order chi connectivity index (χ1) is 13.6. The molecule has 0 aromatic carbocycles. The number of aromatic nitrogens is 4. The Morgan fingerprint density at radius 1 is 1.36 bits per heavy atom. The fraction of sp³-hybridized carbons (Fsp3) is 0.368. The van der Waals surface area contributed by atoms with Crippen molar-refractivity contribution in [1.82, 2.24) is 24.9 Å². The smallest absolute Gasteiger partial charge is 0.256 e. The molecule has 1 amide bonds. The highest BCUT2D eigenvalue weighted by molar-refractivity contribution is 5.99. The number of hydrogen-bond donors (Lipinski definition) is 1. The van der Waals surface area contributed by atoms with Gasteiger partial charge in [-0.2, -0.15) is 5.10 Å². The van der Waals surface area contributed by atoms with E-state index in [0.29, 0.717) is 28.5 Å². The van der Waals surface area contributed by atoms with Crippen molar-refractivity contribution in [2.75, 3.05) is 18.0 Å². The second-order valence-electron chi connectivity index (χ2n) is 7.15. The third-order valence-electron chi connectivity index (χ3n) is 5.21. The number of pyridine rings is 1. The standard InChI is InChI=1S/C19H19FN6O2/c1-11-8-21-18(27)14-10-23-26-6-4-16(24-17(14)26)25-5-2-3-15(25)13-7-12(20)9-22-19(13)28-11/h4,6-7,9-11,15H,2-3,5,8H2,1H3,(H,21,27)/t11-,15-/m0/s1. The summed E-state index contributed by atoms with van der Waals surface area (Å²) in [4.78, 5) is 23.6. The Hall–Kier alpha value is -3.23. The third kappa shape index (κ3) is 2.74. The maximum absolute atomic E-state index is 14.0. The Morgan fingerprint density at radius 2 is 2.25 bits per heavy atom. The molecule has 9 heteroatoms. The summed E-state index contributed by atoms with van der Waals surface area (Å²) in [5.41, 5.74) is 1.60. The number of carbonyl (C=O) groups excluding carboxylic acids is 1.